The van der Waals surface area contributed by atoms with Crippen molar-refractivity contribution in [3.8, 4) is 11.1 Å². The highest BCUT2D eigenvalue weighted by Crippen LogP contribution is 2.44. The van der Waals surface area contributed by atoms with E-state index in [1.807, 2.05) is 78.9 Å². The van der Waals surface area contributed by atoms with Crippen LogP contribution in [0.4, 0.5) is 4.79 Å². The first-order valence-electron chi connectivity index (χ1n) is 11.9. The second kappa shape index (κ2) is 10.6. The Bertz CT molecular complexity index is 1210. The Labute approximate surface area is 210 Å². The Morgan fingerprint density at radius 3 is 2.03 bits per heavy atom. The molecule has 0 bridgehead atoms. The molecular formula is C29H29NO6. The minimum Gasteiger partial charge on any atom is -0.481 e. The average Bonchev–Trinajstić information content (AvgIpc) is 3.19. The van der Waals surface area contributed by atoms with Crippen molar-refractivity contribution in [2.24, 2.45) is 0 Å². The van der Waals surface area contributed by atoms with Gasteiger partial charge in [-0.05, 0) is 48.1 Å². The molecule has 4 rings (SSSR count). The molecule has 1 aliphatic rings. The van der Waals surface area contributed by atoms with Crippen LogP contribution < -0.4 is 5.32 Å². The van der Waals surface area contributed by atoms with Crippen LogP contribution in [0.2, 0.25) is 0 Å². The molecule has 0 radical (unpaired) electrons. The van der Waals surface area contributed by atoms with Crippen LogP contribution in [0.5, 0.6) is 0 Å². The van der Waals surface area contributed by atoms with Gasteiger partial charge in [0.15, 0.2) is 0 Å². The number of esters is 1. The lowest BCUT2D eigenvalue weighted by atomic mass is 9.98. The fourth-order valence-electron chi connectivity index (χ4n) is 4.52. The predicted molar refractivity (Wildman–Crippen MR) is 134 cm³/mol. The van der Waals surface area contributed by atoms with Crippen molar-refractivity contribution in [3.05, 3.63) is 95.6 Å². The van der Waals surface area contributed by atoms with E-state index in [0.717, 1.165) is 27.8 Å². The molecule has 0 saturated carbocycles. The van der Waals surface area contributed by atoms with E-state index in [9.17, 15) is 14.4 Å². The number of fused-ring (bicyclic) bond motifs is 3. The number of nitrogens with one attached hydrogen (secondary N) is 1. The summed E-state index contributed by atoms with van der Waals surface area (Å²) in [6.45, 7) is 3.56. The molecule has 0 aromatic heterocycles. The van der Waals surface area contributed by atoms with Crippen molar-refractivity contribution in [2.75, 3.05) is 6.61 Å². The molecule has 0 aliphatic heterocycles. The molecule has 0 spiro atoms. The number of rotatable bonds is 9. The van der Waals surface area contributed by atoms with Crippen LogP contribution in [-0.4, -0.2) is 35.8 Å². The first kappa shape index (κ1) is 25.0. The van der Waals surface area contributed by atoms with Gasteiger partial charge in [-0.3, -0.25) is 4.79 Å². The van der Waals surface area contributed by atoms with Gasteiger partial charge in [-0.25, -0.2) is 9.59 Å². The van der Waals surface area contributed by atoms with Crippen molar-refractivity contribution in [1.29, 1.82) is 0 Å². The normalized spacial score (nSPS) is 13.3. The van der Waals surface area contributed by atoms with Crippen LogP contribution in [-0.2, 0) is 24.7 Å². The number of carboxylic acid groups (broad SMARTS) is 1. The second-order valence-corrected chi connectivity index (χ2v) is 9.25. The number of carbonyl (C=O) groups is 3. The van der Waals surface area contributed by atoms with Crippen LogP contribution in [0, 0.1) is 0 Å². The number of alkyl carbamates (subject to hydrolysis) is 1. The fourth-order valence-corrected chi connectivity index (χ4v) is 4.52. The minimum absolute atomic E-state index is 0.0794. The van der Waals surface area contributed by atoms with E-state index in [0.29, 0.717) is 0 Å². The summed E-state index contributed by atoms with van der Waals surface area (Å²) in [6, 6.07) is 24.0. The zero-order valence-corrected chi connectivity index (χ0v) is 20.3. The van der Waals surface area contributed by atoms with Gasteiger partial charge < -0.3 is 19.9 Å². The maximum atomic E-state index is 13.0. The molecule has 3 aromatic rings. The smallest absolute Gasteiger partial charge is 0.407 e. The van der Waals surface area contributed by atoms with E-state index in [-0.39, 0.29) is 25.4 Å². The van der Waals surface area contributed by atoms with Crippen molar-refractivity contribution < 1.29 is 29.0 Å². The van der Waals surface area contributed by atoms with Crippen molar-refractivity contribution >= 4 is 18.0 Å². The van der Waals surface area contributed by atoms with Gasteiger partial charge in [-0.2, -0.15) is 0 Å². The molecule has 186 valence electrons. The number of carboxylic acids is 1. The summed E-state index contributed by atoms with van der Waals surface area (Å²) < 4.78 is 11.2. The molecule has 0 saturated heterocycles. The third-order valence-electron chi connectivity index (χ3n) is 6.39. The lowest BCUT2D eigenvalue weighted by molar-refractivity contribution is -0.160. The molecule has 1 unspecified atom stereocenters. The molecule has 2 N–H and O–H groups in total. The number of aliphatic carboxylic acids is 1. The molecule has 0 heterocycles. The summed E-state index contributed by atoms with van der Waals surface area (Å²) in [5.74, 6) is -1.94. The summed E-state index contributed by atoms with van der Waals surface area (Å²) in [5.41, 5.74) is 4.15. The van der Waals surface area contributed by atoms with E-state index < -0.39 is 29.7 Å². The molecule has 1 amide bonds. The summed E-state index contributed by atoms with van der Waals surface area (Å²) >= 11 is 0. The van der Waals surface area contributed by atoms with E-state index in [2.05, 4.69) is 5.32 Å². The molecule has 7 heteroatoms. The van der Waals surface area contributed by atoms with Crippen molar-refractivity contribution in [3.63, 3.8) is 0 Å². The summed E-state index contributed by atoms with van der Waals surface area (Å²) in [6.07, 6.45) is -1.24. The van der Waals surface area contributed by atoms with Gasteiger partial charge in [0.2, 0.25) is 0 Å². The Morgan fingerprint density at radius 1 is 0.889 bits per heavy atom. The SMILES string of the molecule is CC(C)(OC(=O)C(CCC(=O)O)NC(=O)OCC1c2ccccc2-c2ccccc21)c1ccccc1. The second-order valence-electron chi connectivity index (χ2n) is 9.25. The van der Waals surface area contributed by atoms with Gasteiger partial charge in [0.1, 0.15) is 18.2 Å². The van der Waals surface area contributed by atoms with Crippen LogP contribution in [0.15, 0.2) is 78.9 Å². The topological polar surface area (TPSA) is 102 Å². The third kappa shape index (κ3) is 5.57. The van der Waals surface area contributed by atoms with Gasteiger partial charge in [-0.1, -0.05) is 78.9 Å². The number of amides is 1. The highest BCUT2D eigenvalue weighted by Gasteiger charge is 2.33. The monoisotopic (exact) mass is 487 g/mol. The number of carbonyl (C=O) groups excluding carboxylic acids is 2. The van der Waals surface area contributed by atoms with Gasteiger partial charge in [0, 0.05) is 12.3 Å². The molecule has 0 fully saturated rings. The first-order chi connectivity index (χ1) is 17.3. The van der Waals surface area contributed by atoms with Gasteiger partial charge >= 0.3 is 18.0 Å². The van der Waals surface area contributed by atoms with Crippen LogP contribution >= 0.6 is 0 Å². The molecule has 1 aliphatic carbocycles. The number of benzene rings is 3. The van der Waals surface area contributed by atoms with E-state index >= 15 is 0 Å². The van der Waals surface area contributed by atoms with Gasteiger partial charge in [0.25, 0.3) is 0 Å². The number of ether oxygens (including phenoxy) is 2. The third-order valence-corrected chi connectivity index (χ3v) is 6.39. The van der Waals surface area contributed by atoms with E-state index in [1.165, 1.54) is 0 Å². The van der Waals surface area contributed by atoms with Crippen LogP contribution in [0.3, 0.4) is 0 Å². The molecule has 36 heavy (non-hydrogen) atoms. The van der Waals surface area contributed by atoms with Crippen molar-refractivity contribution in [1.82, 2.24) is 5.32 Å². The summed E-state index contributed by atoms with van der Waals surface area (Å²) in [5, 5.41) is 11.6. The van der Waals surface area contributed by atoms with Crippen LogP contribution in [0.1, 0.15) is 49.3 Å². The standard InChI is InChI=1S/C29H29NO6/c1-29(2,19-10-4-3-5-11-19)36-27(33)25(16-17-26(31)32)30-28(34)35-18-24-22-14-8-6-12-20(22)21-13-7-9-15-23(21)24/h3-15,24-25H,16-18H2,1-2H3,(H,30,34)(H,31,32). The van der Waals surface area contributed by atoms with Crippen molar-refractivity contribution in [2.45, 2.75) is 44.2 Å². The van der Waals surface area contributed by atoms with Gasteiger partial charge in [0.05, 0.1) is 0 Å². The average molecular weight is 488 g/mol. The Kier molecular flexibility index (Phi) is 7.38. The zero-order valence-electron chi connectivity index (χ0n) is 20.3. The highest BCUT2D eigenvalue weighted by molar-refractivity contribution is 5.83. The molecular weight excluding hydrogens is 458 g/mol. The number of hydrogen-bond acceptors (Lipinski definition) is 5. The maximum Gasteiger partial charge on any atom is 0.407 e. The van der Waals surface area contributed by atoms with E-state index in [4.69, 9.17) is 14.6 Å². The summed E-state index contributed by atoms with van der Waals surface area (Å²) in [4.78, 5) is 36.9. The maximum absolute atomic E-state index is 13.0. The number of hydrogen-bond donors (Lipinski definition) is 2. The van der Waals surface area contributed by atoms with Gasteiger partial charge in [-0.15, -0.1) is 0 Å². The Hall–Kier alpha value is -4.13. The predicted octanol–water partition coefficient (Wildman–Crippen LogP) is 5.24. The zero-order chi connectivity index (χ0) is 25.7. The Morgan fingerprint density at radius 2 is 1.44 bits per heavy atom. The largest absolute Gasteiger partial charge is 0.481 e. The lowest BCUT2D eigenvalue weighted by Crippen LogP contribution is -2.45. The minimum atomic E-state index is -1.17. The fraction of sp³-hybridized carbons (Fsp3) is 0.276. The molecule has 1 atom stereocenters. The lowest BCUT2D eigenvalue weighted by Gasteiger charge is -2.28. The highest BCUT2D eigenvalue weighted by atomic mass is 16.6. The molecule has 7 nitrogen and oxygen atoms in total. The van der Waals surface area contributed by atoms with E-state index in [1.54, 1.807) is 13.8 Å². The molecule has 3 aromatic carbocycles. The quantitative estimate of drug-likeness (QED) is 0.401. The van der Waals surface area contributed by atoms with Crippen LogP contribution in [0.25, 0.3) is 11.1 Å². The first-order valence-corrected chi connectivity index (χ1v) is 11.9. The summed E-state index contributed by atoms with van der Waals surface area (Å²) in [7, 11) is 0. The Balaban J connectivity index is 1.43.